The Balaban J connectivity index is 2.28. The van der Waals surface area contributed by atoms with Crippen LogP contribution in [0.5, 0.6) is 0 Å². The Kier molecular flexibility index (Phi) is 5.02. The maximum Gasteiger partial charge on any atom is 0.156 e. The fourth-order valence-corrected chi connectivity index (χ4v) is 2.73. The first-order chi connectivity index (χ1) is 6.22. The topological polar surface area (TPSA) is 24.4 Å². The highest BCUT2D eigenvalue weighted by atomic mass is 32.2. The van der Waals surface area contributed by atoms with Crippen molar-refractivity contribution in [3.05, 3.63) is 0 Å². The Hall–Kier alpha value is 0.170. The molecule has 0 aliphatic carbocycles. The molecule has 1 aliphatic heterocycles. The molecule has 13 heavy (non-hydrogen) atoms. The van der Waals surface area contributed by atoms with Gasteiger partial charge in [0.2, 0.25) is 0 Å². The molecule has 1 N–H and O–H groups in total. The summed E-state index contributed by atoms with van der Waals surface area (Å²) in [5.74, 6) is 3.10. The van der Waals surface area contributed by atoms with Gasteiger partial charge in [-0.05, 0) is 19.1 Å². The highest BCUT2D eigenvalue weighted by Gasteiger charge is 2.13. The van der Waals surface area contributed by atoms with Gasteiger partial charge in [0.15, 0.2) is 5.17 Å². The van der Waals surface area contributed by atoms with E-state index >= 15 is 0 Å². The van der Waals surface area contributed by atoms with Gasteiger partial charge in [0.1, 0.15) is 0 Å². The molecule has 2 unspecified atom stereocenters. The van der Waals surface area contributed by atoms with E-state index in [1.807, 2.05) is 23.5 Å². The van der Waals surface area contributed by atoms with Crippen LogP contribution in [0.3, 0.4) is 0 Å². The van der Waals surface area contributed by atoms with E-state index in [2.05, 4.69) is 30.4 Å². The van der Waals surface area contributed by atoms with E-state index in [1.165, 1.54) is 5.75 Å². The maximum atomic E-state index is 4.49. The average Bonchev–Trinajstić information content (AvgIpc) is 2.09. The van der Waals surface area contributed by atoms with E-state index in [0.29, 0.717) is 6.04 Å². The van der Waals surface area contributed by atoms with Gasteiger partial charge in [-0.15, -0.1) is 0 Å². The van der Waals surface area contributed by atoms with Crippen LogP contribution in [0.4, 0.5) is 0 Å². The van der Waals surface area contributed by atoms with Gasteiger partial charge in [-0.1, -0.05) is 18.7 Å². The van der Waals surface area contributed by atoms with E-state index in [0.717, 1.165) is 23.4 Å². The van der Waals surface area contributed by atoms with Gasteiger partial charge in [-0.25, -0.2) is 0 Å². The molecule has 0 saturated carbocycles. The first kappa shape index (κ1) is 11.2. The summed E-state index contributed by atoms with van der Waals surface area (Å²) in [7, 11) is 0. The maximum absolute atomic E-state index is 4.49. The highest BCUT2D eigenvalue weighted by molar-refractivity contribution is 8.13. The van der Waals surface area contributed by atoms with E-state index < -0.39 is 0 Å². The summed E-state index contributed by atoms with van der Waals surface area (Å²) in [5.41, 5.74) is 0. The molecule has 0 amide bonds. The Morgan fingerprint density at radius 1 is 1.77 bits per heavy atom. The normalized spacial score (nSPS) is 25.2. The number of hydrogen-bond donors (Lipinski definition) is 1. The minimum absolute atomic E-state index is 0.537. The predicted molar refractivity (Wildman–Crippen MR) is 64.9 cm³/mol. The molecule has 2 atom stereocenters. The quantitative estimate of drug-likeness (QED) is 0.785. The number of hydrogen-bond acceptors (Lipinski definition) is 4. The second kappa shape index (κ2) is 5.81. The molecule has 0 aromatic rings. The van der Waals surface area contributed by atoms with Crippen molar-refractivity contribution in [3.8, 4) is 0 Å². The first-order valence-electron chi connectivity index (χ1n) is 4.65. The molecule has 0 saturated heterocycles. The average molecular weight is 218 g/mol. The zero-order chi connectivity index (χ0) is 9.68. The Morgan fingerprint density at radius 3 is 3.08 bits per heavy atom. The molecular weight excluding hydrogens is 200 g/mol. The molecule has 2 nitrogen and oxygen atoms in total. The predicted octanol–water partition coefficient (Wildman–Crippen LogP) is 2.07. The van der Waals surface area contributed by atoms with Crippen LogP contribution in [-0.4, -0.2) is 35.5 Å². The third-order valence-corrected chi connectivity index (χ3v) is 3.93. The SMILES string of the molecule is CSCC(C)NC1=NCC(C)CS1. The molecule has 1 aliphatic rings. The summed E-state index contributed by atoms with van der Waals surface area (Å²) >= 11 is 3.73. The minimum atomic E-state index is 0.537. The monoisotopic (exact) mass is 218 g/mol. The van der Waals surface area contributed by atoms with Crippen LogP contribution in [-0.2, 0) is 0 Å². The Bertz CT molecular complexity index is 182. The number of thioether (sulfide) groups is 2. The third-order valence-electron chi connectivity index (χ3n) is 1.84. The molecule has 4 heteroatoms. The largest absolute Gasteiger partial charge is 0.362 e. The van der Waals surface area contributed by atoms with Crippen molar-refractivity contribution < 1.29 is 0 Å². The Labute approximate surface area is 89.3 Å². The van der Waals surface area contributed by atoms with Gasteiger partial charge in [0, 0.05) is 24.1 Å². The molecule has 0 aromatic carbocycles. The molecule has 76 valence electrons. The van der Waals surface area contributed by atoms with Crippen molar-refractivity contribution in [2.45, 2.75) is 19.9 Å². The van der Waals surface area contributed by atoms with Crippen molar-refractivity contribution in [2.75, 3.05) is 24.3 Å². The lowest BCUT2D eigenvalue weighted by Gasteiger charge is -2.21. The summed E-state index contributed by atoms with van der Waals surface area (Å²) < 4.78 is 0. The van der Waals surface area contributed by atoms with Crippen LogP contribution in [0.15, 0.2) is 4.99 Å². The number of rotatable bonds is 3. The molecule has 0 spiro atoms. The summed E-state index contributed by atoms with van der Waals surface area (Å²) in [6.45, 7) is 5.44. The van der Waals surface area contributed by atoms with Crippen LogP contribution in [0.1, 0.15) is 13.8 Å². The standard InChI is InChI=1S/C9H18N2S2/c1-7-4-10-9(13-5-7)11-8(2)6-12-3/h7-8H,4-6H2,1-3H3,(H,10,11). The highest BCUT2D eigenvalue weighted by Crippen LogP contribution is 2.16. The van der Waals surface area contributed by atoms with Gasteiger partial charge < -0.3 is 5.32 Å². The minimum Gasteiger partial charge on any atom is -0.362 e. The van der Waals surface area contributed by atoms with Gasteiger partial charge in [0.05, 0.1) is 0 Å². The number of nitrogens with zero attached hydrogens (tertiary/aromatic N) is 1. The van der Waals surface area contributed by atoms with Crippen LogP contribution < -0.4 is 5.32 Å². The molecular formula is C9H18N2S2. The fourth-order valence-electron chi connectivity index (χ4n) is 1.15. The lowest BCUT2D eigenvalue weighted by atomic mass is 10.2. The van der Waals surface area contributed by atoms with Gasteiger partial charge in [0.25, 0.3) is 0 Å². The zero-order valence-electron chi connectivity index (χ0n) is 8.54. The van der Waals surface area contributed by atoms with E-state index in [1.54, 1.807) is 0 Å². The van der Waals surface area contributed by atoms with Crippen LogP contribution in [0, 0.1) is 5.92 Å². The van der Waals surface area contributed by atoms with Gasteiger partial charge >= 0.3 is 0 Å². The van der Waals surface area contributed by atoms with Crippen LogP contribution >= 0.6 is 23.5 Å². The van der Waals surface area contributed by atoms with Crippen LogP contribution in [0.2, 0.25) is 0 Å². The third kappa shape index (κ3) is 4.27. The van der Waals surface area contributed by atoms with Crippen molar-refractivity contribution in [2.24, 2.45) is 10.9 Å². The fraction of sp³-hybridized carbons (Fsp3) is 0.889. The number of amidine groups is 1. The first-order valence-corrected chi connectivity index (χ1v) is 7.03. The van der Waals surface area contributed by atoms with Gasteiger partial charge in [-0.2, -0.15) is 11.8 Å². The molecule has 1 rings (SSSR count). The number of aliphatic imine (C=N–C) groups is 1. The van der Waals surface area contributed by atoms with Crippen molar-refractivity contribution in [3.63, 3.8) is 0 Å². The van der Waals surface area contributed by atoms with Crippen molar-refractivity contribution in [1.82, 2.24) is 5.32 Å². The molecule has 1 heterocycles. The lowest BCUT2D eigenvalue weighted by molar-refractivity contribution is 0.662. The lowest BCUT2D eigenvalue weighted by Crippen LogP contribution is -2.34. The summed E-state index contributed by atoms with van der Waals surface area (Å²) in [4.78, 5) is 4.49. The summed E-state index contributed by atoms with van der Waals surface area (Å²) in [5, 5.41) is 4.57. The second-order valence-electron chi connectivity index (χ2n) is 3.56. The summed E-state index contributed by atoms with van der Waals surface area (Å²) in [6, 6.07) is 0.537. The van der Waals surface area contributed by atoms with Gasteiger partial charge in [-0.3, -0.25) is 4.99 Å². The summed E-state index contributed by atoms with van der Waals surface area (Å²) in [6.07, 6.45) is 2.13. The van der Waals surface area contributed by atoms with Crippen molar-refractivity contribution in [1.29, 1.82) is 0 Å². The smallest absolute Gasteiger partial charge is 0.156 e. The van der Waals surface area contributed by atoms with Crippen LogP contribution in [0.25, 0.3) is 0 Å². The zero-order valence-corrected chi connectivity index (χ0v) is 10.2. The number of nitrogens with one attached hydrogen (secondary N) is 1. The molecule has 0 bridgehead atoms. The molecule has 0 aromatic heterocycles. The van der Waals surface area contributed by atoms with E-state index in [4.69, 9.17) is 0 Å². The molecule has 0 fully saturated rings. The Morgan fingerprint density at radius 2 is 2.54 bits per heavy atom. The second-order valence-corrected chi connectivity index (χ2v) is 5.48. The molecule has 0 radical (unpaired) electrons. The van der Waals surface area contributed by atoms with E-state index in [9.17, 15) is 0 Å². The van der Waals surface area contributed by atoms with Crippen molar-refractivity contribution >= 4 is 28.7 Å². The van der Waals surface area contributed by atoms with E-state index in [-0.39, 0.29) is 0 Å².